The molecule has 1 amide bonds. The van der Waals surface area contributed by atoms with E-state index in [2.05, 4.69) is 34.5 Å². The van der Waals surface area contributed by atoms with Crippen molar-refractivity contribution < 1.29 is 4.79 Å². The highest BCUT2D eigenvalue weighted by atomic mass is 16.1. The molecule has 2 aliphatic heterocycles. The number of primary amides is 1. The average molecular weight is 467 g/mol. The number of carbonyl (C=O) groups excluding carboxylic acids is 1. The van der Waals surface area contributed by atoms with E-state index in [-0.39, 0.29) is 0 Å². The number of rotatable bonds is 5. The maximum Gasteiger partial charge on any atom is 0.249 e. The van der Waals surface area contributed by atoms with Gasteiger partial charge in [0, 0.05) is 47.8 Å². The number of benzene rings is 2. The second-order valence-corrected chi connectivity index (χ2v) is 9.59. The van der Waals surface area contributed by atoms with E-state index < -0.39 is 5.91 Å². The highest BCUT2D eigenvalue weighted by Gasteiger charge is 2.34. The largest absolute Gasteiger partial charge is 0.366 e. The Kier molecular flexibility index (Phi) is 5.49. The molecule has 0 radical (unpaired) electrons. The molecule has 3 N–H and O–H groups in total. The van der Waals surface area contributed by atoms with E-state index in [4.69, 9.17) is 15.7 Å². The molecule has 178 valence electrons. The number of amides is 1. The van der Waals surface area contributed by atoms with Gasteiger partial charge in [0.2, 0.25) is 11.9 Å². The lowest BCUT2D eigenvalue weighted by atomic mass is 9.89. The third kappa shape index (κ3) is 3.86. The normalized spacial score (nSPS) is 17.7. The lowest BCUT2D eigenvalue weighted by Gasteiger charge is -2.40. The number of aromatic nitrogens is 3. The summed E-state index contributed by atoms with van der Waals surface area (Å²) in [5.74, 6) is 1.12. The van der Waals surface area contributed by atoms with Gasteiger partial charge in [-0.25, -0.2) is 4.98 Å². The maximum atomic E-state index is 12.0. The number of fused-ring (bicyclic) bond motifs is 4. The van der Waals surface area contributed by atoms with Crippen LogP contribution in [0.4, 0.5) is 5.82 Å². The maximum absolute atomic E-state index is 12.0. The number of nitrogens with two attached hydrogens (primary N) is 1. The molecule has 7 heteroatoms. The zero-order chi connectivity index (χ0) is 23.9. The SMILES string of the molecule is Cc1cc2c(C(N)=O)cccc2n1-c1nc2c(c(NCc3ccccc3)n1)C1CCCCN1CC2. The van der Waals surface area contributed by atoms with Crippen molar-refractivity contribution in [2.75, 3.05) is 18.4 Å². The van der Waals surface area contributed by atoms with Crippen LogP contribution in [0.2, 0.25) is 0 Å². The van der Waals surface area contributed by atoms with Crippen LogP contribution in [0.15, 0.2) is 54.6 Å². The molecule has 0 bridgehead atoms. The molecule has 2 aromatic heterocycles. The van der Waals surface area contributed by atoms with E-state index in [1.54, 1.807) is 6.07 Å². The summed E-state index contributed by atoms with van der Waals surface area (Å²) < 4.78 is 2.04. The zero-order valence-electron chi connectivity index (χ0n) is 20.0. The van der Waals surface area contributed by atoms with E-state index in [1.165, 1.54) is 24.0 Å². The van der Waals surface area contributed by atoms with Gasteiger partial charge >= 0.3 is 0 Å². The molecular formula is C28H30N6O. The minimum atomic E-state index is -0.429. The summed E-state index contributed by atoms with van der Waals surface area (Å²) in [6.45, 7) is 4.89. The topological polar surface area (TPSA) is 89.1 Å². The van der Waals surface area contributed by atoms with Gasteiger partial charge < -0.3 is 11.1 Å². The monoisotopic (exact) mass is 466 g/mol. The molecule has 4 aromatic rings. The molecular weight excluding hydrogens is 436 g/mol. The number of carbonyl (C=O) groups is 1. The number of aryl methyl sites for hydroxylation is 1. The predicted molar refractivity (Wildman–Crippen MR) is 138 cm³/mol. The molecule has 2 aliphatic rings. The van der Waals surface area contributed by atoms with Crippen molar-refractivity contribution in [2.45, 2.75) is 45.2 Å². The van der Waals surface area contributed by atoms with Gasteiger partial charge in [-0.2, -0.15) is 4.98 Å². The molecule has 35 heavy (non-hydrogen) atoms. The number of hydrogen-bond donors (Lipinski definition) is 2. The van der Waals surface area contributed by atoms with Crippen molar-refractivity contribution >= 4 is 22.6 Å². The summed E-state index contributed by atoms with van der Waals surface area (Å²) in [5, 5.41) is 4.49. The van der Waals surface area contributed by atoms with Crippen LogP contribution in [-0.4, -0.2) is 38.4 Å². The Labute approximate surface area is 205 Å². The van der Waals surface area contributed by atoms with E-state index in [0.717, 1.165) is 54.0 Å². The van der Waals surface area contributed by atoms with Crippen molar-refractivity contribution in [3.63, 3.8) is 0 Å². The summed E-state index contributed by atoms with van der Waals surface area (Å²) in [6, 6.07) is 18.4. The molecule has 1 saturated heterocycles. The number of nitrogens with one attached hydrogen (secondary N) is 1. The fraction of sp³-hybridized carbons (Fsp3) is 0.321. The Morgan fingerprint density at radius 3 is 2.77 bits per heavy atom. The lowest BCUT2D eigenvalue weighted by molar-refractivity contribution is 0.100. The molecule has 4 heterocycles. The molecule has 6 rings (SSSR count). The fourth-order valence-electron chi connectivity index (χ4n) is 5.74. The molecule has 1 unspecified atom stereocenters. The van der Waals surface area contributed by atoms with Crippen molar-refractivity contribution in [3.05, 3.63) is 82.7 Å². The molecule has 2 aromatic carbocycles. The summed E-state index contributed by atoms with van der Waals surface area (Å²) in [6.07, 6.45) is 4.54. The van der Waals surface area contributed by atoms with Crippen molar-refractivity contribution in [1.29, 1.82) is 0 Å². The van der Waals surface area contributed by atoms with Crippen LogP contribution in [-0.2, 0) is 13.0 Å². The summed E-state index contributed by atoms with van der Waals surface area (Å²) in [5.41, 5.74) is 11.6. The molecule has 0 spiro atoms. The first kappa shape index (κ1) is 21.8. The number of hydrogen-bond acceptors (Lipinski definition) is 5. The first-order valence-corrected chi connectivity index (χ1v) is 12.4. The number of piperidine rings is 1. The fourth-order valence-corrected chi connectivity index (χ4v) is 5.74. The lowest BCUT2D eigenvalue weighted by Crippen LogP contribution is -2.40. The summed E-state index contributed by atoms with van der Waals surface area (Å²) in [7, 11) is 0. The van der Waals surface area contributed by atoms with Gasteiger partial charge in [-0.3, -0.25) is 14.3 Å². The third-order valence-corrected chi connectivity index (χ3v) is 7.39. The zero-order valence-corrected chi connectivity index (χ0v) is 20.0. The van der Waals surface area contributed by atoms with Gasteiger partial charge in [-0.05, 0) is 50.1 Å². The highest BCUT2D eigenvalue weighted by molar-refractivity contribution is 6.06. The Hall–Kier alpha value is -3.71. The van der Waals surface area contributed by atoms with Gasteiger partial charge in [0.15, 0.2) is 0 Å². The van der Waals surface area contributed by atoms with Crippen LogP contribution < -0.4 is 11.1 Å². The molecule has 0 saturated carbocycles. The molecule has 1 fully saturated rings. The van der Waals surface area contributed by atoms with Gasteiger partial charge in [-0.1, -0.05) is 42.8 Å². The van der Waals surface area contributed by atoms with Gasteiger partial charge in [0.1, 0.15) is 5.82 Å². The van der Waals surface area contributed by atoms with Crippen molar-refractivity contribution in [1.82, 2.24) is 19.4 Å². The molecule has 7 nitrogen and oxygen atoms in total. The van der Waals surface area contributed by atoms with Gasteiger partial charge in [-0.15, -0.1) is 0 Å². The highest BCUT2D eigenvalue weighted by Crippen LogP contribution is 2.40. The Morgan fingerprint density at radius 1 is 1.09 bits per heavy atom. The Balaban J connectivity index is 1.49. The average Bonchev–Trinajstić information content (AvgIpc) is 3.23. The predicted octanol–water partition coefficient (Wildman–Crippen LogP) is 4.52. The van der Waals surface area contributed by atoms with E-state index in [0.29, 0.717) is 24.1 Å². The van der Waals surface area contributed by atoms with E-state index in [1.807, 2.05) is 35.8 Å². The number of anilines is 1. The quantitative estimate of drug-likeness (QED) is 0.451. The van der Waals surface area contributed by atoms with E-state index in [9.17, 15) is 4.79 Å². The smallest absolute Gasteiger partial charge is 0.249 e. The van der Waals surface area contributed by atoms with Crippen LogP contribution in [0.5, 0.6) is 0 Å². The molecule has 0 aliphatic carbocycles. The van der Waals surface area contributed by atoms with Crippen molar-refractivity contribution in [2.24, 2.45) is 5.73 Å². The van der Waals surface area contributed by atoms with Crippen LogP contribution in [0, 0.1) is 6.92 Å². The first-order valence-electron chi connectivity index (χ1n) is 12.4. The van der Waals surface area contributed by atoms with Crippen LogP contribution in [0.3, 0.4) is 0 Å². The van der Waals surface area contributed by atoms with Gasteiger partial charge in [0.25, 0.3) is 0 Å². The van der Waals surface area contributed by atoms with Gasteiger partial charge in [0.05, 0.1) is 11.2 Å². The Morgan fingerprint density at radius 2 is 1.94 bits per heavy atom. The second kappa shape index (κ2) is 8.82. The third-order valence-electron chi connectivity index (χ3n) is 7.39. The standard InChI is InChI=1S/C28H30N6O/c1-18-16-21-20(26(29)35)10-7-12-23(21)34(18)28-31-22-13-15-33-14-6-5-11-24(33)25(22)27(32-28)30-17-19-8-3-2-4-9-19/h2-4,7-10,12,16,24H,5-6,11,13-15,17H2,1H3,(H2,29,35)(H,30,31,32). The van der Waals surface area contributed by atoms with Crippen LogP contribution in [0.1, 0.15) is 58.2 Å². The van der Waals surface area contributed by atoms with E-state index >= 15 is 0 Å². The number of nitrogens with zero attached hydrogens (tertiary/aromatic N) is 4. The van der Waals surface area contributed by atoms with Crippen molar-refractivity contribution in [3.8, 4) is 5.95 Å². The Bertz CT molecular complexity index is 1410. The first-order chi connectivity index (χ1) is 17.1. The van der Waals surface area contributed by atoms with Crippen LogP contribution >= 0.6 is 0 Å². The van der Waals surface area contributed by atoms with Crippen LogP contribution in [0.25, 0.3) is 16.9 Å². The minimum absolute atomic E-state index is 0.365. The molecule has 1 atom stereocenters. The minimum Gasteiger partial charge on any atom is -0.366 e. The summed E-state index contributed by atoms with van der Waals surface area (Å²) in [4.78, 5) is 24.9. The summed E-state index contributed by atoms with van der Waals surface area (Å²) >= 11 is 0. The second-order valence-electron chi connectivity index (χ2n) is 9.59.